The molecule has 0 unspecified atom stereocenters. The molecule has 1 aromatic heterocycles. The quantitative estimate of drug-likeness (QED) is 0.866. The van der Waals surface area contributed by atoms with Gasteiger partial charge in [0.15, 0.2) is 17.3 Å². The van der Waals surface area contributed by atoms with Gasteiger partial charge in [0.2, 0.25) is 0 Å². The van der Waals surface area contributed by atoms with E-state index in [-0.39, 0.29) is 24.2 Å². The number of carboxylic acid groups (broad SMARTS) is 1. The number of carboxylic acids is 1. The second-order valence-corrected chi connectivity index (χ2v) is 5.22. The predicted molar refractivity (Wildman–Crippen MR) is 82.8 cm³/mol. The molecule has 7 nitrogen and oxygen atoms in total. The zero-order chi connectivity index (χ0) is 16.2. The summed E-state index contributed by atoms with van der Waals surface area (Å²) in [6.45, 7) is 1.55. The number of hydrogen-bond acceptors (Lipinski definition) is 6. The van der Waals surface area contributed by atoms with Crippen LogP contribution in [0.2, 0.25) is 0 Å². The van der Waals surface area contributed by atoms with Crippen LogP contribution in [0.4, 0.5) is 5.82 Å². The van der Waals surface area contributed by atoms with Crippen molar-refractivity contribution in [3.63, 3.8) is 0 Å². The Morgan fingerprint density at radius 2 is 2.04 bits per heavy atom. The monoisotopic (exact) mass is 315 g/mol. The van der Waals surface area contributed by atoms with Crippen LogP contribution in [0.25, 0.3) is 0 Å². The molecule has 3 rings (SSSR count). The minimum Gasteiger partial charge on any atom is -0.483 e. The van der Waals surface area contributed by atoms with E-state index in [4.69, 9.17) is 9.47 Å². The highest BCUT2D eigenvalue weighted by atomic mass is 16.5. The molecule has 0 radical (unpaired) electrons. The molecule has 120 valence electrons. The number of rotatable bonds is 6. The van der Waals surface area contributed by atoms with Gasteiger partial charge in [-0.05, 0) is 5.56 Å². The molecule has 0 saturated carbocycles. The van der Waals surface area contributed by atoms with Crippen molar-refractivity contribution in [2.24, 2.45) is 0 Å². The van der Waals surface area contributed by atoms with E-state index in [2.05, 4.69) is 9.97 Å². The highest BCUT2D eigenvalue weighted by Crippen LogP contribution is 2.32. The zero-order valence-electron chi connectivity index (χ0n) is 12.7. The third-order valence-electron chi connectivity index (χ3n) is 3.69. The Hall–Kier alpha value is -2.67. The number of aromatic nitrogens is 2. The van der Waals surface area contributed by atoms with E-state index in [0.29, 0.717) is 18.9 Å². The molecule has 2 heterocycles. The molecule has 0 atom stereocenters. The normalized spacial score (nSPS) is 14.4. The summed E-state index contributed by atoms with van der Waals surface area (Å²) < 4.78 is 11.0. The number of nitrogens with zero attached hydrogens (tertiary/aromatic N) is 3. The molecule has 7 heteroatoms. The van der Waals surface area contributed by atoms with Crippen LogP contribution in [-0.2, 0) is 11.3 Å². The van der Waals surface area contributed by atoms with E-state index in [1.54, 1.807) is 7.11 Å². The standard InChI is InChI=1S/C16H17N3O4/c1-22-12-7-19(8-12)15-14(13(16(20)21)17-10-18-15)23-9-11-5-3-2-4-6-11/h2-6,10,12H,7-9H2,1H3,(H,20,21). The van der Waals surface area contributed by atoms with Gasteiger partial charge >= 0.3 is 5.97 Å². The molecule has 1 N–H and O–H groups in total. The molecule has 1 saturated heterocycles. The average molecular weight is 315 g/mol. The summed E-state index contributed by atoms with van der Waals surface area (Å²) in [7, 11) is 1.65. The van der Waals surface area contributed by atoms with Crippen molar-refractivity contribution in [1.82, 2.24) is 9.97 Å². The predicted octanol–water partition coefficient (Wildman–Crippen LogP) is 1.59. The van der Waals surface area contributed by atoms with Gasteiger partial charge in [-0.2, -0.15) is 0 Å². The minimum atomic E-state index is -1.14. The van der Waals surface area contributed by atoms with Crippen molar-refractivity contribution in [3.05, 3.63) is 47.9 Å². The Balaban J connectivity index is 1.84. The third-order valence-corrected chi connectivity index (χ3v) is 3.69. The first-order valence-electron chi connectivity index (χ1n) is 7.21. The van der Waals surface area contributed by atoms with Gasteiger partial charge in [-0.25, -0.2) is 14.8 Å². The lowest BCUT2D eigenvalue weighted by molar-refractivity contribution is 0.0683. The van der Waals surface area contributed by atoms with E-state index in [1.807, 2.05) is 35.2 Å². The van der Waals surface area contributed by atoms with Gasteiger partial charge < -0.3 is 19.5 Å². The largest absolute Gasteiger partial charge is 0.483 e. The maximum absolute atomic E-state index is 11.4. The Labute approximate surface area is 133 Å². The first-order valence-corrected chi connectivity index (χ1v) is 7.21. The third kappa shape index (κ3) is 3.24. The van der Waals surface area contributed by atoms with Crippen LogP contribution < -0.4 is 9.64 Å². The maximum Gasteiger partial charge on any atom is 0.358 e. The van der Waals surface area contributed by atoms with Crippen molar-refractivity contribution in [3.8, 4) is 5.75 Å². The van der Waals surface area contributed by atoms with Gasteiger partial charge in [0.25, 0.3) is 0 Å². The van der Waals surface area contributed by atoms with E-state index in [0.717, 1.165) is 5.56 Å². The summed E-state index contributed by atoms with van der Waals surface area (Å²) in [6.07, 6.45) is 1.37. The van der Waals surface area contributed by atoms with Crippen molar-refractivity contribution >= 4 is 11.8 Å². The van der Waals surface area contributed by atoms with Crippen molar-refractivity contribution in [2.45, 2.75) is 12.7 Å². The summed E-state index contributed by atoms with van der Waals surface area (Å²) in [5.41, 5.74) is 0.809. The van der Waals surface area contributed by atoms with Crippen LogP contribution in [0.1, 0.15) is 16.1 Å². The fourth-order valence-electron chi connectivity index (χ4n) is 2.36. The molecule has 1 fully saturated rings. The first-order chi connectivity index (χ1) is 11.2. The van der Waals surface area contributed by atoms with Gasteiger partial charge in [0, 0.05) is 20.2 Å². The Kier molecular flexibility index (Phi) is 4.38. The highest BCUT2D eigenvalue weighted by molar-refractivity contribution is 5.90. The average Bonchev–Trinajstić information content (AvgIpc) is 2.53. The second kappa shape index (κ2) is 6.62. The fourth-order valence-corrected chi connectivity index (χ4v) is 2.36. The van der Waals surface area contributed by atoms with E-state index >= 15 is 0 Å². The van der Waals surface area contributed by atoms with Gasteiger partial charge in [-0.1, -0.05) is 30.3 Å². The van der Waals surface area contributed by atoms with E-state index in [9.17, 15) is 9.90 Å². The van der Waals surface area contributed by atoms with Crippen LogP contribution in [0.15, 0.2) is 36.7 Å². The summed E-state index contributed by atoms with van der Waals surface area (Å²) in [5.74, 6) is -0.458. The summed E-state index contributed by atoms with van der Waals surface area (Å²) in [4.78, 5) is 21.4. The molecule has 1 aromatic carbocycles. The van der Waals surface area contributed by atoms with Gasteiger partial charge in [0.05, 0.1) is 6.10 Å². The number of aromatic carboxylic acids is 1. The lowest BCUT2D eigenvalue weighted by atomic mass is 10.1. The molecule has 0 bridgehead atoms. The molecule has 2 aromatic rings. The van der Waals surface area contributed by atoms with Crippen LogP contribution in [0.3, 0.4) is 0 Å². The van der Waals surface area contributed by atoms with E-state index < -0.39 is 5.97 Å². The van der Waals surface area contributed by atoms with Crippen molar-refractivity contribution < 1.29 is 19.4 Å². The van der Waals surface area contributed by atoms with Gasteiger partial charge in [0.1, 0.15) is 12.9 Å². The molecular formula is C16H17N3O4. The second-order valence-electron chi connectivity index (χ2n) is 5.22. The van der Waals surface area contributed by atoms with Gasteiger partial charge in [-0.3, -0.25) is 0 Å². The Bertz CT molecular complexity index is 687. The van der Waals surface area contributed by atoms with Gasteiger partial charge in [-0.15, -0.1) is 0 Å². The number of benzene rings is 1. The minimum absolute atomic E-state index is 0.125. The molecule has 0 spiro atoms. The maximum atomic E-state index is 11.4. The molecule has 23 heavy (non-hydrogen) atoms. The highest BCUT2D eigenvalue weighted by Gasteiger charge is 2.32. The lowest BCUT2D eigenvalue weighted by Crippen LogP contribution is -2.52. The summed E-state index contributed by atoms with van der Waals surface area (Å²) in [6, 6.07) is 9.53. The van der Waals surface area contributed by atoms with E-state index in [1.165, 1.54) is 6.33 Å². The Morgan fingerprint density at radius 1 is 1.30 bits per heavy atom. The lowest BCUT2D eigenvalue weighted by Gasteiger charge is -2.39. The number of methoxy groups -OCH3 is 1. The summed E-state index contributed by atoms with van der Waals surface area (Å²) in [5, 5.41) is 9.34. The van der Waals surface area contributed by atoms with Crippen LogP contribution in [0, 0.1) is 0 Å². The van der Waals surface area contributed by atoms with Crippen molar-refractivity contribution in [2.75, 3.05) is 25.1 Å². The Morgan fingerprint density at radius 3 is 2.70 bits per heavy atom. The molecular weight excluding hydrogens is 298 g/mol. The molecule has 1 aliphatic rings. The fraction of sp³-hybridized carbons (Fsp3) is 0.312. The number of anilines is 1. The summed E-state index contributed by atoms with van der Waals surface area (Å²) >= 11 is 0. The number of ether oxygens (including phenoxy) is 2. The molecule has 0 aliphatic carbocycles. The van der Waals surface area contributed by atoms with Crippen LogP contribution in [-0.4, -0.2) is 47.3 Å². The smallest absolute Gasteiger partial charge is 0.358 e. The number of hydrogen-bond donors (Lipinski definition) is 1. The van der Waals surface area contributed by atoms with Crippen molar-refractivity contribution in [1.29, 1.82) is 0 Å². The SMILES string of the molecule is COC1CN(c2ncnc(C(=O)O)c2OCc2ccccc2)C1. The molecule has 1 aliphatic heterocycles. The topological polar surface area (TPSA) is 84.8 Å². The van der Waals surface area contributed by atoms with Crippen LogP contribution in [0.5, 0.6) is 5.75 Å². The first kappa shape index (κ1) is 15.2. The zero-order valence-corrected chi connectivity index (χ0v) is 12.7. The number of carbonyl (C=O) groups is 1. The van der Waals surface area contributed by atoms with Crippen LogP contribution >= 0.6 is 0 Å². The molecule has 0 amide bonds.